The van der Waals surface area contributed by atoms with E-state index in [1.54, 1.807) is 55.6 Å². The van der Waals surface area contributed by atoms with Gasteiger partial charge >= 0.3 is 5.97 Å². The molecular weight excluding hydrogens is 518 g/mol. The predicted molar refractivity (Wildman–Crippen MR) is 146 cm³/mol. The largest absolute Gasteiger partial charge is 0.497 e. The molecule has 4 aromatic carbocycles. The average molecular weight is 542 g/mol. The molecule has 0 N–H and O–H groups in total. The Bertz CT molecular complexity index is 1550. The van der Waals surface area contributed by atoms with Gasteiger partial charge in [0.1, 0.15) is 5.75 Å². The average Bonchev–Trinajstić information content (AvgIpc) is 2.99. The van der Waals surface area contributed by atoms with E-state index in [0.29, 0.717) is 22.6 Å². The fourth-order valence-corrected chi connectivity index (χ4v) is 4.03. The van der Waals surface area contributed by atoms with Gasteiger partial charge in [0, 0.05) is 42.4 Å². The number of carbonyl (C=O) groups excluding carboxylic acids is 2. The number of benzene rings is 4. The maximum atomic E-state index is 13.3. The minimum atomic E-state index is -0.975. The topological polar surface area (TPSA) is 142 Å². The van der Waals surface area contributed by atoms with Gasteiger partial charge in [-0.05, 0) is 48.0 Å². The van der Waals surface area contributed by atoms with Crippen molar-refractivity contribution in [1.29, 1.82) is 0 Å². The number of amides is 1. The van der Waals surface area contributed by atoms with Crippen LogP contribution in [0.25, 0.3) is 0 Å². The zero-order chi connectivity index (χ0) is 28.8. The molecule has 1 unspecified atom stereocenters. The summed E-state index contributed by atoms with van der Waals surface area (Å²) in [5.74, 6) is -0.574. The Morgan fingerprint density at radius 2 is 1.27 bits per heavy atom. The maximum absolute atomic E-state index is 13.3. The van der Waals surface area contributed by atoms with E-state index in [4.69, 9.17) is 9.47 Å². The van der Waals surface area contributed by atoms with E-state index < -0.39 is 27.8 Å². The zero-order valence-electron chi connectivity index (χ0n) is 21.4. The smallest absolute Gasteiger partial charge is 0.339 e. The third-order valence-corrected chi connectivity index (χ3v) is 6.17. The molecule has 0 aliphatic carbocycles. The minimum absolute atomic E-state index is 0.108. The molecule has 40 heavy (non-hydrogen) atoms. The molecule has 0 saturated carbocycles. The molecule has 0 aliphatic rings. The second-order valence-corrected chi connectivity index (χ2v) is 8.59. The van der Waals surface area contributed by atoms with Gasteiger partial charge in [0.05, 0.1) is 28.2 Å². The summed E-state index contributed by atoms with van der Waals surface area (Å²) >= 11 is 0. The molecule has 1 amide bonds. The lowest BCUT2D eigenvalue weighted by Crippen LogP contribution is -2.28. The number of nitrogens with zero attached hydrogens (tertiary/aromatic N) is 3. The van der Waals surface area contributed by atoms with E-state index in [-0.39, 0.29) is 22.5 Å². The van der Waals surface area contributed by atoms with Crippen molar-refractivity contribution >= 4 is 28.9 Å². The summed E-state index contributed by atoms with van der Waals surface area (Å²) in [4.78, 5) is 48.8. The lowest BCUT2D eigenvalue weighted by Gasteiger charge is -2.26. The number of rotatable bonds is 9. The van der Waals surface area contributed by atoms with Crippen LogP contribution in [0.3, 0.4) is 0 Å². The Morgan fingerprint density at radius 3 is 1.80 bits per heavy atom. The summed E-state index contributed by atoms with van der Waals surface area (Å²) in [5, 5.41) is 22.0. The van der Waals surface area contributed by atoms with Crippen LogP contribution < -0.4 is 9.64 Å². The van der Waals surface area contributed by atoms with E-state index in [9.17, 15) is 29.8 Å². The van der Waals surface area contributed by atoms with Crippen LogP contribution in [-0.2, 0) is 4.74 Å². The van der Waals surface area contributed by atoms with Crippen LogP contribution in [0.2, 0.25) is 0 Å². The first-order valence-electron chi connectivity index (χ1n) is 11.9. The Kier molecular flexibility index (Phi) is 8.14. The summed E-state index contributed by atoms with van der Waals surface area (Å²) in [5.41, 5.74) is 1.53. The van der Waals surface area contributed by atoms with Crippen molar-refractivity contribution in [2.24, 2.45) is 0 Å². The number of anilines is 1. The Hall–Kier alpha value is -5.58. The second-order valence-electron chi connectivity index (χ2n) is 8.59. The molecule has 0 saturated heterocycles. The van der Waals surface area contributed by atoms with Crippen molar-refractivity contribution in [2.75, 3.05) is 19.1 Å². The summed E-state index contributed by atoms with van der Waals surface area (Å²) in [7, 11) is 3.07. The van der Waals surface area contributed by atoms with Gasteiger partial charge in [-0.3, -0.25) is 25.0 Å². The van der Waals surface area contributed by atoms with Gasteiger partial charge < -0.3 is 14.4 Å². The van der Waals surface area contributed by atoms with Crippen LogP contribution in [0.5, 0.6) is 5.75 Å². The number of carbonyl (C=O) groups is 2. The number of hydrogen-bond donors (Lipinski definition) is 0. The van der Waals surface area contributed by atoms with Crippen LogP contribution in [0, 0.1) is 20.2 Å². The SMILES string of the molecule is COc1ccc(C(OC(=O)c2ccc([N+](=O)[O-])cc2)c2ccccc2N(C)C(=O)c2ccc([N+](=O)[O-])cc2)cc1. The van der Waals surface area contributed by atoms with Crippen molar-refractivity contribution in [3.05, 3.63) is 140 Å². The van der Waals surface area contributed by atoms with Crippen molar-refractivity contribution in [3.8, 4) is 5.75 Å². The fourth-order valence-electron chi connectivity index (χ4n) is 4.03. The number of nitro groups is 2. The van der Waals surface area contributed by atoms with Gasteiger partial charge in [0.25, 0.3) is 17.3 Å². The predicted octanol–water partition coefficient (Wildman–Crippen LogP) is 5.73. The standard InChI is InChI=1S/C29H23N3O8/c1-30(28(33)20-7-13-22(14-8-20)31(35)36)26-6-4-3-5-25(26)27(19-11-17-24(39-2)18-12-19)40-29(34)21-9-15-23(16-10-21)32(37)38/h3-18,27H,1-2H3. The highest BCUT2D eigenvalue weighted by Gasteiger charge is 2.26. The summed E-state index contributed by atoms with van der Waals surface area (Å²) < 4.78 is 11.2. The Morgan fingerprint density at radius 1 is 0.750 bits per heavy atom. The second kappa shape index (κ2) is 11.9. The number of ether oxygens (including phenoxy) is 2. The first-order chi connectivity index (χ1) is 19.2. The zero-order valence-corrected chi connectivity index (χ0v) is 21.4. The van der Waals surface area contributed by atoms with E-state index >= 15 is 0 Å². The van der Waals surface area contributed by atoms with Crippen molar-refractivity contribution in [3.63, 3.8) is 0 Å². The van der Waals surface area contributed by atoms with Crippen LogP contribution in [0.1, 0.15) is 37.9 Å². The van der Waals surface area contributed by atoms with E-state index in [1.807, 2.05) is 0 Å². The van der Waals surface area contributed by atoms with Gasteiger partial charge in [-0.2, -0.15) is 0 Å². The molecule has 11 heteroatoms. The third-order valence-electron chi connectivity index (χ3n) is 6.17. The maximum Gasteiger partial charge on any atom is 0.339 e. The fraction of sp³-hybridized carbons (Fsp3) is 0.103. The summed E-state index contributed by atoms with van der Waals surface area (Å²) in [6.45, 7) is 0. The highest BCUT2D eigenvalue weighted by Crippen LogP contribution is 2.35. The van der Waals surface area contributed by atoms with E-state index in [2.05, 4.69) is 0 Å². The van der Waals surface area contributed by atoms with E-state index in [0.717, 1.165) is 0 Å². The van der Waals surface area contributed by atoms with Gasteiger partial charge in [-0.15, -0.1) is 0 Å². The molecule has 202 valence electrons. The molecule has 0 heterocycles. The van der Waals surface area contributed by atoms with Crippen molar-refractivity contribution in [2.45, 2.75) is 6.10 Å². The molecular formula is C29H23N3O8. The number of non-ortho nitro benzene ring substituents is 2. The van der Waals surface area contributed by atoms with Crippen LogP contribution in [0.4, 0.5) is 17.1 Å². The molecule has 4 aromatic rings. The van der Waals surface area contributed by atoms with Crippen LogP contribution in [-0.4, -0.2) is 35.9 Å². The summed E-state index contributed by atoms with van der Waals surface area (Å²) in [6.07, 6.45) is -0.975. The minimum Gasteiger partial charge on any atom is -0.497 e. The molecule has 1 atom stereocenters. The monoisotopic (exact) mass is 541 g/mol. The Balaban J connectivity index is 1.72. The number of hydrogen-bond acceptors (Lipinski definition) is 8. The normalized spacial score (nSPS) is 11.2. The quantitative estimate of drug-likeness (QED) is 0.148. The van der Waals surface area contributed by atoms with Gasteiger partial charge in [0.15, 0.2) is 6.10 Å². The van der Waals surface area contributed by atoms with Crippen LogP contribution in [0.15, 0.2) is 97.1 Å². The van der Waals surface area contributed by atoms with Crippen molar-refractivity contribution in [1.82, 2.24) is 0 Å². The van der Waals surface area contributed by atoms with Crippen molar-refractivity contribution < 1.29 is 28.9 Å². The third kappa shape index (κ3) is 5.94. The highest BCUT2D eigenvalue weighted by atomic mass is 16.6. The van der Waals surface area contributed by atoms with E-state index in [1.165, 1.54) is 60.5 Å². The number of esters is 1. The lowest BCUT2D eigenvalue weighted by molar-refractivity contribution is -0.385. The molecule has 0 spiro atoms. The molecule has 4 rings (SSSR count). The molecule has 0 aliphatic heterocycles. The summed E-state index contributed by atoms with van der Waals surface area (Å²) in [6, 6.07) is 24.0. The highest BCUT2D eigenvalue weighted by molar-refractivity contribution is 6.06. The number of methoxy groups -OCH3 is 1. The first kappa shape index (κ1) is 27.5. The Labute approximate surface area is 228 Å². The van der Waals surface area contributed by atoms with Gasteiger partial charge in [-0.1, -0.05) is 30.3 Å². The molecule has 0 radical (unpaired) electrons. The van der Waals surface area contributed by atoms with Gasteiger partial charge in [-0.25, -0.2) is 4.79 Å². The number of para-hydroxylation sites is 1. The van der Waals surface area contributed by atoms with Gasteiger partial charge in [0.2, 0.25) is 0 Å². The molecule has 0 bridgehead atoms. The van der Waals surface area contributed by atoms with Crippen LogP contribution >= 0.6 is 0 Å². The molecule has 0 fully saturated rings. The first-order valence-corrected chi connectivity index (χ1v) is 11.9. The number of nitro benzene ring substituents is 2. The molecule has 11 nitrogen and oxygen atoms in total. The molecule has 0 aromatic heterocycles. The lowest BCUT2D eigenvalue weighted by atomic mass is 9.98.